The Kier molecular flexibility index (Phi) is 7.03. The fourth-order valence-corrected chi connectivity index (χ4v) is 2.17. The number of allylic oxidation sites excluding steroid dienone is 1. The minimum absolute atomic E-state index is 0.0363. The van der Waals surface area contributed by atoms with E-state index in [1.165, 1.54) is 18.5 Å². The van der Waals surface area contributed by atoms with Crippen molar-refractivity contribution >= 4 is 29.0 Å². The van der Waals surface area contributed by atoms with Crippen LogP contribution in [0.5, 0.6) is 0 Å². The molecule has 0 radical (unpaired) electrons. The van der Waals surface area contributed by atoms with E-state index in [0.717, 1.165) is 17.5 Å². The average Bonchev–Trinajstić information content (AvgIpc) is 2.62. The van der Waals surface area contributed by atoms with Crippen LogP contribution in [0.2, 0.25) is 0 Å². The summed E-state index contributed by atoms with van der Waals surface area (Å²) in [6, 6.07) is 17.1. The van der Waals surface area contributed by atoms with Gasteiger partial charge in [-0.05, 0) is 43.0 Å². The lowest BCUT2D eigenvalue weighted by Crippen LogP contribution is -2.71. The minimum atomic E-state index is -0.0363. The summed E-state index contributed by atoms with van der Waals surface area (Å²) in [6.45, 7) is 2.01. The highest BCUT2D eigenvalue weighted by atomic mass is 16.5. The van der Waals surface area contributed by atoms with Crippen LogP contribution in [0, 0.1) is 17.5 Å². The van der Waals surface area contributed by atoms with Crippen LogP contribution in [-0.2, 0) is 0 Å². The van der Waals surface area contributed by atoms with Crippen LogP contribution in [0.15, 0.2) is 84.3 Å². The van der Waals surface area contributed by atoms with Crippen LogP contribution in [0.3, 0.4) is 0 Å². The Hall–Kier alpha value is -3.51. The summed E-state index contributed by atoms with van der Waals surface area (Å²) >= 11 is 0. The first-order valence-corrected chi connectivity index (χ1v) is 8.08. The van der Waals surface area contributed by atoms with Crippen LogP contribution in [-0.4, -0.2) is 22.4 Å². The second-order valence-corrected chi connectivity index (χ2v) is 5.52. The number of hydrogen-bond donors (Lipinski definition) is 3. The molecule has 0 atom stereocenters. The van der Waals surface area contributed by atoms with E-state index in [1.54, 1.807) is 6.20 Å². The van der Waals surface area contributed by atoms with E-state index in [4.69, 9.17) is 11.1 Å². The maximum absolute atomic E-state index is 12.0. The van der Waals surface area contributed by atoms with Crippen molar-refractivity contribution in [3.05, 3.63) is 90.0 Å². The molecule has 5 N–H and O–H groups in total. The van der Waals surface area contributed by atoms with E-state index in [9.17, 15) is 5.21 Å². The molecule has 0 aliphatic carbocycles. The minimum Gasteiger partial charge on any atom is -0.618 e. The number of hydrogen-bond acceptors (Lipinski definition) is 4. The van der Waals surface area contributed by atoms with Gasteiger partial charge in [0, 0.05) is 6.07 Å². The Labute approximate surface area is 152 Å². The lowest BCUT2D eigenvalue weighted by Gasteiger charge is -2.01. The zero-order valence-corrected chi connectivity index (χ0v) is 14.5. The standard InChI is InChI=1S/C20H21N5O/c1-16-6-5-9-18(14-16)23-12-13-25(26)15-19(22)20(10-11-21)24-17-7-3-2-4-8-17/h2-15,22-23H,21H2,1H3/p+1. The third-order valence-corrected chi connectivity index (χ3v) is 3.36. The molecule has 2 rings (SSSR count). The molecular weight excluding hydrogens is 326 g/mol. The molecule has 0 aliphatic rings. The van der Waals surface area contributed by atoms with Crippen molar-refractivity contribution in [3.63, 3.8) is 0 Å². The SMILES string of the molecule is Cc1cccc([NH2+]C=C[N+]([O-])=CC(=N)C(C=CN)=Nc2ccccc2)c1. The highest BCUT2D eigenvalue weighted by molar-refractivity contribution is 6.63. The first-order valence-electron chi connectivity index (χ1n) is 8.08. The molecule has 0 amide bonds. The second-order valence-electron chi connectivity index (χ2n) is 5.52. The van der Waals surface area contributed by atoms with Gasteiger partial charge in [0.2, 0.25) is 12.4 Å². The quantitative estimate of drug-likeness (QED) is 0.235. The van der Waals surface area contributed by atoms with Crippen molar-refractivity contribution in [1.29, 1.82) is 5.41 Å². The van der Waals surface area contributed by atoms with Gasteiger partial charge in [-0.2, -0.15) is 4.74 Å². The van der Waals surface area contributed by atoms with E-state index >= 15 is 0 Å². The average molecular weight is 348 g/mol. The largest absolute Gasteiger partial charge is 0.618 e. The van der Waals surface area contributed by atoms with Gasteiger partial charge in [-0.3, -0.25) is 10.7 Å². The molecule has 0 saturated carbocycles. The number of aryl methyl sites for hydroxylation is 1. The predicted octanol–water partition coefficient (Wildman–Crippen LogP) is 2.51. The molecule has 0 aromatic heterocycles. The number of aliphatic imine (C=N–C) groups is 1. The first-order chi connectivity index (χ1) is 12.6. The fraction of sp³-hybridized carbons (Fsp3) is 0.0500. The molecule has 0 aliphatic heterocycles. The maximum Gasteiger partial charge on any atom is 0.234 e. The maximum atomic E-state index is 12.0. The molecule has 6 nitrogen and oxygen atoms in total. The summed E-state index contributed by atoms with van der Waals surface area (Å²) in [4.78, 5) is 4.34. The molecule has 0 heterocycles. The molecule has 0 saturated heterocycles. The zero-order chi connectivity index (χ0) is 18.8. The summed E-state index contributed by atoms with van der Waals surface area (Å²) in [5.41, 5.74) is 8.52. The van der Waals surface area contributed by atoms with Gasteiger partial charge in [-0.1, -0.05) is 30.3 Å². The van der Waals surface area contributed by atoms with Crippen molar-refractivity contribution in [1.82, 2.24) is 0 Å². The van der Waals surface area contributed by atoms with Gasteiger partial charge in [0.05, 0.1) is 11.4 Å². The summed E-state index contributed by atoms with van der Waals surface area (Å²) < 4.78 is 0.569. The molecule has 26 heavy (non-hydrogen) atoms. The number of nitrogens with two attached hydrogens (primary N) is 2. The van der Waals surface area contributed by atoms with E-state index in [1.807, 2.05) is 66.8 Å². The highest BCUT2D eigenvalue weighted by Crippen LogP contribution is 2.10. The number of hydroxylamine groups is 1. The van der Waals surface area contributed by atoms with Crippen molar-refractivity contribution in [2.75, 3.05) is 0 Å². The Morgan fingerprint density at radius 3 is 2.65 bits per heavy atom. The van der Waals surface area contributed by atoms with Crippen LogP contribution in [0.1, 0.15) is 5.56 Å². The predicted molar refractivity (Wildman–Crippen MR) is 106 cm³/mol. The molecule has 0 bridgehead atoms. The summed E-state index contributed by atoms with van der Waals surface area (Å²) in [7, 11) is 0. The second kappa shape index (κ2) is 9.71. The lowest BCUT2D eigenvalue weighted by molar-refractivity contribution is -0.507. The number of quaternary nitrogens is 1. The third kappa shape index (κ3) is 6.18. The third-order valence-electron chi connectivity index (χ3n) is 3.36. The van der Waals surface area contributed by atoms with Crippen LogP contribution >= 0.6 is 0 Å². The van der Waals surface area contributed by atoms with E-state index in [-0.39, 0.29) is 5.71 Å². The van der Waals surface area contributed by atoms with Crippen molar-refractivity contribution in [3.8, 4) is 0 Å². The number of nitrogens with zero attached hydrogens (tertiary/aromatic N) is 2. The zero-order valence-electron chi connectivity index (χ0n) is 14.5. The Balaban J connectivity index is 2.08. The van der Waals surface area contributed by atoms with Gasteiger partial charge < -0.3 is 10.9 Å². The van der Waals surface area contributed by atoms with Crippen LogP contribution < -0.4 is 11.1 Å². The molecular formula is C20H22N5O+. The van der Waals surface area contributed by atoms with Gasteiger partial charge in [0.15, 0.2) is 6.20 Å². The van der Waals surface area contributed by atoms with E-state index in [2.05, 4.69) is 4.99 Å². The number of rotatable bonds is 7. The van der Waals surface area contributed by atoms with Gasteiger partial charge >= 0.3 is 0 Å². The van der Waals surface area contributed by atoms with Crippen LogP contribution in [0.25, 0.3) is 0 Å². The van der Waals surface area contributed by atoms with Gasteiger partial charge in [-0.25, -0.2) is 4.99 Å². The van der Waals surface area contributed by atoms with Crippen LogP contribution in [0.4, 0.5) is 11.4 Å². The number of nitrogens with one attached hydrogen (secondary N) is 1. The molecule has 132 valence electrons. The summed E-state index contributed by atoms with van der Waals surface area (Å²) in [5, 5.41) is 21.9. The molecule has 2 aromatic rings. The Morgan fingerprint density at radius 2 is 1.96 bits per heavy atom. The molecule has 0 unspecified atom stereocenters. The summed E-state index contributed by atoms with van der Waals surface area (Å²) in [5.74, 6) is 0. The highest BCUT2D eigenvalue weighted by Gasteiger charge is 2.06. The molecule has 6 heteroatoms. The molecule has 0 fully saturated rings. The summed E-state index contributed by atoms with van der Waals surface area (Å²) in [6.07, 6.45) is 6.90. The van der Waals surface area contributed by atoms with Crippen molar-refractivity contribution in [2.45, 2.75) is 6.92 Å². The monoisotopic (exact) mass is 348 g/mol. The Morgan fingerprint density at radius 1 is 1.19 bits per heavy atom. The van der Waals surface area contributed by atoms with Gasteiger partial charge in [-0.15, -0.1) is 0 Å². The van der Waals surface area contributed by atoms with Crippen molar-refractivity contribution < 1.29 is 10.1 Å². The van der Waals surface area contributed by atoms with E-state index in [0.29, 0.717) is 16.1 Å². The smallest absolute Gasteiger partial charge is 0.234 e. The van der Waals surface area contributed by atoms with Gasteiger partial charge in [0.1, 0.15) is 11.4 Å². The lowest BCUT2D eigenvalue weighted by atomic mass is 10.2. The molecule has 0 spiro atoms. The van der Waals surface area contributed by atoms with E-state index < -0.39 is 0 Å². The fourth-order valence-electron chi connectivity index (χ4n) is 2.17. The molecule has 2 aromatic carbocycles. The number of benzene rings is 2. The number of para-hydroxylation sites is 1. The van der Waals surface area contributed by atoms with Gasteiger partial charge in [0.25, 0.3) is 0 Å². The van der Waals surface area contributed by atoms with Crippen molar-refractivity contribution in [2.24, 2.45) is 10.7 Å². The normalized spacial score (nSPS) is 12.8. The topological polar surface area (TPSA) is 105 Å². The Bertz CT molecular complexity index is 867. The first kappa shape index (κ1) is 18.8.